The topological polar surface area (TPSA) is 55.4 Å². The Kier molecular flexibility index (Phi) is 7.97. The van der Waals surface area contributed by atoms with Gasteiger partial charge < -0.3 is 10.1 Å². The Balaban J connectivity index is 2.03. The van der Waals surface area contributed by atoms with E-state index in [0.717, 1.165) is 22.9 Å². The van der Waals surface area contributed by atoms with Crippen molar-refractivity contribution in [2.24, 2.45) is 0 Å². The highest BCUT2D eigenvalue weighted by Gasteiger charge is 2.16. The summed E-state index contributed by atoms with van der Waals surface area (Å²) < 4.78 is 18.7. The first-order valence-corrected chi connectivity index (χ1v) is 9.80. The van der Waals surface area contributed by atoms with Crippen LogP contribution in [0.1, 0.15) is 56.2 Å². The molecule has 0 unspecified atom stereocenters. The summed E-state index contributed by atoms with van der Waals surface area (Å²) in [5.74, 6) is -1.31. The Morgan fingerprint density at radius 3 is 2.21 bits per heavy atom. The Morgan fingerprint density at radius 2 is 1.66 bits per heavy atom. The number of carbonyl (C=O) groups is 2. The zero-order chi connectivity index (χ0) is 21.6. The maximum atomic E-state index is 13.7. The molecule has 0 atom stereocenters. The van der Waals surface area contributed by atoms with E-state index in [1.807, 2.05) is 45.9 Å². The van der Waals surface area contributed by atoms with Gasteiger partial charge in [-0.1, -0.05) is 63.6 Å². The predicted octanol–water partition coefficient (Wildman–Crippen LogP) is 5.92. The first kappa shape index (κ1) is 22.6. The Labute approximate surface area is 175 Å². The van der Waals surface area contributed by atoms with Crippen molar-refractivity contribution >= 4 is 35.2 Å². The van der Waals surface area contributed by atoms with E-state index in [0.29, 0.717) is 0 Å². The zero-order valence-corrected chi connectivity index (χ0v) is 17.7. The molecule has 0 heterocycles. The normalized spacial score (nSPS) is 11.3. The van der Waals surface area contributed by atoms with Crippen molar-refractivity contribution in [2.45, 2.75) is 39.5 Å². The number of para-hydroxylation sites is 1. The number of hydrogen-bond donors (Lipinski definition) is 1. The van der Waals surface area contributed by atoms with Crippen molar-refractivity contribution in [3.63, 3.8) is 0 Å². The summed E-state index contributed by atoms with van der Waals surface area (Å²) in [5, 5.41) is 3.05. The van der Waals surface area contributed by atoms with Crippen LogP contribution >= 0.6 is 11.6 Å². The number of halogens is 2. The quantitative estimate of drug-likeness (QED) is 0.449. The Hall–Kier alpha value is -2.66. The molecular formula is C23H25ClFNO3. The number of carbonyl (C=O) groups excluding carboxylic acids is 2. The largest absolute Gasteiger partial charge is 0.452 e. The number of amides is 1. The van der Waals surface area contributed by atoms with E-state index >= 15 is 0 Å². The molecule has 1 amide bonds. The average Bonchev–Trinajstić information content (AvgIpc) is 2.65. The molecule has 2 aromatic rings. The molecule has 0 saturated heterocycles. The smallest absolute Gasteiger partial charge is 0.331 e. The van der Waals surface area contributed by atoms with Crippen LogP contribution in [0.2, 0.25) is 5.02 Å². The van der Waals surface area contributed by atoms with Crippen LogP contribution in [0.25, 0.3) is 6.08 Å². The van der Waals surface area contributed by atoms with Gasteiger partial charge in [0, 0.05) is 17.3 Å². The van der Waals surface area contributed by atoms with E-state index in [9.17, 15) is 14.0 Å². The fraction of sp³-hybridized carbons (Fsp3) is 0.304. The molecule has 0 radical (unpaired) electrons. The van der Waals surface area contributed by atoms with Gasteiger partial charge >= 0.3 is 5.97 Å². The lowest BCUT2D eigenvalue weighted by molar-refractivity contribution is -0.142. The minimum Gasteiger partial charge on any atom is -0.452 e. The molecule has 2 aromatic carbocycles. The average molecular weight is 418 g/mol. The second-order valence-corrected chi connectivity index (χ2v) is 7.65. The van der Waals surface area contributed by atoms with Crippen LogP contribution < -0.4 is 5.32 Å². The van der Waals surface area contributed by atoms with Crippen LogP contribution in [-0.4, -0.2) is 18.5 Å². The van der Waals surface area contributed by atoms with Crippen LogP contribution in [0.15, 0.2) is 42.5 Å². The van der Waals surface area contributed by atoms with Gasteiger partial charge in [0.2, 0.25) is 0 Å². The molecular weight excluding hydrogens is 393 g/mol. The van der Waals surface area contributed by atoms with Gasteiger partial charge in [-0.3, -0.25) is 4.79 Å². The van der Waals surface area contributed by atoms with Crippen LogP contribution in [0.5, 0.6) is 0 Å². The van der Waals surface area contributed by atoms with E-state index in [1.54, 1.807) is 0 Å². The highest BCUT2D eigenvalue weighted by Crippen LogP contribution is 2.32. The first-order chi connectivity index (χ1) is 13.7. The Bertz CT molecular complexity index is 876. The highest BCUT2D eigenvalue weighted by molar-refractivity contribution is 6.32. The van der Waals surface area contributed by atoms with E-state index in [1.165, 1.54) is 24.3 Å². The molecule has 6 heteroatoms. The van der Waals surface area contributed by atoms with Crippen LogP contribution in [0.4, 0.5) is 10.1 Å². The number of benzene rings is 2. The molecule has 0 aliphatic carbocycles. The van der Waals surface area contributed by atoms with E-state index in [2.05, 4.69) is 5.32 Å². The maximum absolute atomic E-state index is 13.7. The van der Waals surface area contributed by atoms with Crippen molar-refractivity contribution in [3.05, 3.63) is 70.0 Å². The van der Waals surface area contributed by atoms with E-state index < -0.39 is 24.3 Å². The SMILES string of the molecule is CC(C)c1cccc(C(C)C)c1NC(=O)COC(=O)/C=C/c1c(F)cccc1Cl. The fourth-order valence-corrected chi connectivity index (χ4v) is 3.10. The van der Waals surface area contributed by atoms with Crippen LogP contribution in [-0.2, 0) is 14.3 Å². The maximum Gasteiger partial charge on any atom is 0.331 e. The first-order valence-electron chi connectivity index (χ1n) is 9.42. The molecule has 2 rings (SSSR count). The molecule has 154 valence electrons. The van der Waals surface area contributed by atoms with Crippen molar-refractivity contribution in [2.75, 3.05) is 11.9 Å². The molecule has 29 heavy (non-hydrogen) atoms. The van der Waals surface area contributed by atoms with Gasteiger partial charge in [0.25, 0.3) is 5.91 Å². The molecule has 0 spiro atoms. The van der Waals surface area contributed by atoms with Gasteiger partial charge in [-0.25, -0.2) is 9.18 Å². The summed E-state index contributed by atoms with van der Waals surface area (Å²) in [6, 6.07) is 10.1. The van der Waals surface area contributed by atoms with Gasteiger partial charge in [-0.05, 0) is 41.2 Å². The summed E-state index contributed by atoms with van der Waals surface area (Å²) in [7, 11) is 0. The van der Waals surface area contributed by atoms with Crippen LogP contribution in [0.3, 0.4) is 0 Å². The molecule has 0 aromatic heterocycles. The van der Waals surface area contributed by atoms with E-state index in [4.69, 9.17) is 16.3 Å². The summed E-state index contributed by atoms with van der Waals surface area (Å²) in [5.41, 5.74) is 2.88. The van der Waals surface area contributed by atoms with Crippen molar-refractivity contribution in [1.82, 2.24) is 0 Å². The van der Waals surface area contributed by atoms with E-state index in [-0.39, 0.29) is 22.4 Å². The summed E-state index contributed by atoms with van der Waals surface area (Å²) in [4.78, 5) is 24.2. The zero-order valence-electron chi connectivity index (χ0n) is 17.0. The number of ether oxygens (including phenoxy) is 1. The molecule has 0 saturated carbocycles. The number of anilines is 1. The monoisotopic (exact) mass is 417 g/mol. The highest BCUT2D eigenvalue weighted by atomic mass is 35.5. The number of rotatable bonds is 7. The minimum absolute atomic E-state index is 0.0861. The number of esters is 1. The van der Waals surface area contributed by atoms with Crippen molar-refractivity contribution < 1.29 is 18.7 Å². The van der Waals surface area contributed by atoms with Crippen molar-refractivity contribution in [3.8, 4) is 0 Å². The Morgan fingerprint density at radius 1 is 1.07 bits per heavy atom. The summed E-state index contributed by atoms with van der Waals surface area (Å²) in [6.07, 6.45) is 2.27. The van der Waals surface area contributed by atoms with Crippen LogP contribution in [0, 0.1) is 5.82 Å². The van der Waals surface area contributed by atoms with Gasteiger partial charge in [0.05, 0.1) is 5.02 Å². The molecule has 0 bridgehead atoms. The van der Waals surface area contributed by atoms with Crippen molar-refractivity contribution in [1.29, 1.82) is 0 Å². The lowest BCUT2D eigenvalue weighted by atomic mass is 9.92. The summed E-state index contributed by atoms with van der Waals surface area (Å²) >= 11 is 5.90. The minimum atomic E-state index is -0.763. The van der Waals surface area contributed by atoms with Gasteiger partial charge in [-0.15, -0.1) is 0 Å². The molecule has 0 fully saturated rings. The van der Waals surface area contributed by atoms with Gasteiger partial charge in [0.1, 0.15) is 5.82 Å². The standard InChI is InChI=1S/C23H25ClFNO3/c1-14(2)16-7-5-8-17(15(3)4)23(16)26-21(27)13-29-22(28)12-11-18-19(24)9-6-10-20(18)25/h5-12,14-15H,13H2,1-4H3,(H,26,27)/b12-11+. The second kappa shape index (κ2) is 10.2. The third-order valence-corrected chi connectivity index (χ3v) is 4.70. The molecule has 0 aliphatic rings. The lowest BCUT2D eigenvalue weighted by Crippen LogP contribution is -2.22. The third-order valence-electron chi connectivity index (χ3n) is 4.37. The predicted molar refractivity (Wildman–Crippen MR) is 115 cm³/mol. The fourth-order valence-electron chi connectivity index (χ4n) is 2.88. The lowest BCUT2D eigenvalue weighted by Gasteiger charge is -2.20. The molecule has 0 aliphatic heterocycles. The number of hydrogen-bond acceptors (Lipinski definition) is 3. The van der Waals surface area contributed by atoms with Gasteiger partial charge in [0.15, 0.2) is 6.61 Å². The van der Waals surface area contributed by atoms with Gasteiger partial charge in [-0.2, -0.15) is 0 Å². The number of nitrogens with one attached hydrogen (secondary N) is 1. The molecule has 1 N–H and O–H groups in total. The third kappa shape index (κ3) is 6.16. The molecule has 4 nitrogen and oxygen atoms in total. The summed E-state index contributed by atoms with van der Waals surface area (Å²) in [6.45, 7) is 7.75. The second-order valence-electron chi connectivity index (χ2n) is 7.25.